The van der Waals surface area contributed by atoms with E-state index >= 15 is 0 Å². The van der Waals surface area contributed by atoms with Crippen LogP contribution in [0.4, 0.5) is 5.13 Å². The van der Waals surface area contributed by atoms with Crippen LogP contribution in [0.3, 0.4) is 0 Å². The summed E-state index contributed by atoms with van der Waals surface area (Å²) in [6, 6.07) is 5.55. The summed E-state index contributed by atoms with van der Waals surface area (Å²) < 4.78 is 6.15. The summed E-state index contributed by atoms with van der Waals surface area (Å²) in [6.07, 6.45) is 0.351. The lowest BCUT2D eigenvalue weighted by atomic mass is 10.3. The minimum absolute atomic E-state index is 0.175. The number of rotatable bonds is 7. The first-order valence-corrected chi connectivity index (χ1v) is 9.58. The number of hydrogen-bond donors (Lipinski definition) is 1. The minimum Gasteiger partial charge on any atom is -0.497 e. The number of amides is 3. The van der Waals surface area contributed by atoms with Gasteiger partial charge in [0.05, 0.1) is 44.5 Å². The van der Waals surface area contributed by atoms with Crippen molar-refractivity contribution in [2.24, 2.45) is 0 Å². The molecule has 2 heterocycles. The number of carbonyl (C=O) groups excluding carboxylic acids is 3. The van der Waals surface area contributed by atoms with Gasteiger partial charge in [-0.3, -0.25) is 24.2 Å². The van der Waals surface area contributed by atoms with Crippen molar-refractivity contribution in [3.05, 3.63) is 18.2 Å². The van der Waals surface area contributed by atoms with E-state index in [0.717, 1.165) is 20.9 Å². The molecule has 3 rings (SSSR count). The zero-order valence-corrected chi connectivity index (χ0v) is 16.5. The Morgan fingerprint density at radius 3 is 2.63 bits per heavy atom. The number of hydrogen-bond acceptors (Lipinski definition) is 6. The summed E-state index contributed by atoms with van der Waals surface area (Å²) in [5.74, 6) is -0.159. The fourth-order valence-corrected chi connectivity index (χ4v) is 3.85. The Morgan fingerprint density at radius 1 is 1.30 bits per heavy atom. The molecule has 8 nitrogen and oxygen atoms in total. The molecule has 2 aromatic rings. The van der Waals surface area contributed by atoms with Crippen LogP contribution in [0.1, 0.15) is 12.8 Å². The molecule has 1 N–H and O–H groups in total. The Kier molecular flexibility index (Phi) is 5.71. The van der Waals surface area contributed by atoms with Crippen LogP contribution in [0.5, 0.6) is 5.75 Å². The first-order valence-electron chi connectivity index (χ1n) is 8.76. The third kappa shape index (κ3) is 4.25. The molecule has 0 spiro atoms. The number of fused-ring (bicyclic) bond motifs is 1. The number of thiazole rings is 1. The predicted octanol–water partition coefficient (Wildman–Crippen LogP) is -0.0686. The van der Waals surface area contributed by atoms with E-state index in [4.69, 9.17) is 4.74 Å². The molecule has 27 heavy (non-hydrogen) atoms. The van der Waals surface area contributed by atoms with E-state index in [0.29, 0.717) is 18.2 Å². The first kappa shape index (κ1) is 19.2. The lowest BCUT2D eigenvalue weighted by Crippen LogP contribution is -3.06. The second kappa shape index (κ2) is 8.01. The standard InChI is InChI=1S/C18H22N4O4S/c1-20(2)8-9-21(17(25)11-22-15(23)6-7-16(22)24)18-19-13-5-4-12(26-3)10-14(13)27-18/h4-5,10H,6-9,11H2,1-3H3/p+1. The topological polar surface area (TPSA) is 84.2 Å². The monoisotopic (exact) mass is 391 g/mol. The Balaban J connectivity index is 1.87. The van der Waals surface area contributed by atoms with E-state index < -0.39 is 0 Å². The second-order valence-electron chi connectivity index (χ2n) is 6.71. The van der Waals surface area contributed by atoms with Crippen LogP contribution in [0.15, 0.2) is 18.2 Å². The Hall–Kier alpha value is -2.52. The van der Waals surface area contributed by atoms with Crippen LogP contribution in [-0.2, 0) is 14.4 Å². The molecule has 0 unspecified atom stereocenters. The third-order valence-electron chi connectivity index (χ3n) is 4.40. The summed E-state index contributed by atoms with van der Waals surface area (Å²) in [5, 5.41) is 0.559. The third-order valence-corrected chi connectivity index (χ3v) is 5.44. The van der Waals surface area contributed by atoms with Gasteiger partial charge in [0.1, 0.15) is 12.3 Å². The van der Waals surface area contributed by atoms with Crippen LogP contribution >= 0.6 is 11.3 Å². The van der Waals surface area contributed by atoms with Crippen LogP contribution in [0.25, 0.3) is 10.2 Å². The molecule has 1 aliphatic heterocycles. The van der Waals surface area contributed by atoms with Crippen molar-refractivity contribution in [2.75, 3.05) is 45.7 Å². The molecule has 0 atom stereocenters. The van der Waals surface area contributed by atoms with Gasteiger partial charge in [-0.25, -0.2) is 4.98 Å². The maximum atomic E-state index is 12.9. The zero-order chi connectivity index (χ0) is 19.6. The molecule has 1 saturated heterocycles. The maximum Gasteiger partial charge on any atom is 0.249 e. The number of nitrogens with zero attached hydrogens (tertiary/aromatic N) is 3. The number of nitrogens with one attached hydrogen (secondary N) is 1. The van der Waals surface area contributed by atoms with Gasteiger partial charge in [0.15, 0.2) is 5.13 Å². The lowest BCUT2D eigenvalue weighted by Gasteiger charge is -2.23. The van der Waals surface area contributed by atoms with Gasteiger partial charge in [0, 0.05) is 12.8 Å². The van der Waals surface area contributed by atoms with Crippen molar-refractivity contribution in [1.29, 1.82) is 0 Å². The number of benzene rings is 1. The van der Waals surface area contributed by atoms with Gasteiger partial charge >= 0.3 is 0 Å². The molecule has 0 bridgehead atoms. The zero-order valence-electron chi connectivity index (χ0n) is 15.7. The SMILES string of the molecule is COc1ccc2nc(N(CC[NH+](C)C)C(=O)CN3C(=O)CCC3=O)sc2c1. The molecule has 0 saturated carbocycles. The van der Waals surface area contributed by atoms with E-state index in [1.807, 2.05) is 32.3 Å². The van der Waals surface area contributed by atoms with Gasteiger partial charge in [-0.2, -0.15) is 0 Å². The number of anilines is 1. The summed E-state index contributed by atoms with van der Waals surface area (Å²) >= 11 is 1.39. The molecule has 3 amide bonds. The van der Waals surface area contributed by atoms with Crippen molar-refractivity contribution in [3.8, 4) is 5.75 Å². The van der Waals surface area contributed by atoms with E-state index in [1.165, 1.54) is 16.2 Å². The van der Waals surface area contributed by atoms with E-state index in [1.54, 1.807) is 12.0 Å². The molecule has 0 radical (unpaired) electrons. The number of quaternary nitrogens is 1. The van der Waals surface area contributed by atoms with Gasteiger partial charge in [-0.05, 0) is 18.2 Å². The highest BCUT2D eigenvalue weighted by molar-refractivity contribution is 7.22. The highest BCUT2D eigenvalue weighted by Crippen LogP contribution is 2.31. The Labute approximate surface area is 161 Å². The van der Waals surface area contributed by atoms with Crippen LogP contribution < -0.4 is 14.5 Å². The average molecular weight is 391 g/mol. The molecule has 1 aromatic heterocycles. The highest BCUT2D eigenvalue weighted by Gasteiger charge is 2.33. The lowest BCUT2D eigenvalue weighted by molar-refractivity contribution is -0.856. The van der Waals surface area contributed by atoms with Crippen molar-refractivity contribution < 1.29 is 24.0 Å². The number of aromatic nitrogens is 1. The van der Waals surface area contributed by atoms with Crippen molar-refractivity contribution in [1.82, 2.24) is 9.88 Å². The summed E-state index contributed by atoms with van der Waals surface area (Å²) in [4.78, 5) is 45.0. The molecule has 9 heteroatoms. The summed E-state index contributed by atoms with van der Waals surface area (Å²) in [5.41, 5.74) is 0.777. The fraction of sp³-hybridized carbons (Fsp3) is 0.444. The van der Waals surface area contributed by atoms with Gasteiger partial charge in [0.2, 0.25) is 17.7 Å². The Morgan fingerprint density at radius 2 is 2.00 bits per heavy atom. The van der Waals surface area contributed by atoms with Crippen molar-refractivity contribution >= 4 is 44.4 Å². The smallest absolute Gasteiger partial charge is 0.249 e. The van der Waals surface area contributed by atoms with Gasteiger partial charge in [0.25, 0.3) is 0 Å². The van der Waals surface area contributed by atoms with Crippen molar-refractivity contribution in [3.63, 3.8) is 0 Å². The van der Waals surface area contributed by atoms with Crippen LogP contribution in [0.2, 0.25) is 0 Å². The molecule has 0 aliphatic carbocycles. The minimum atomic E-state index is -0.300. The van der Waals surface area contributed by atoms with E-state index in [9.17, 15) is 14.4 Å². The quantitative estimate of drug-likeness (QED) is 0.668. The Bertz CT molecular complexity index is 863. The highest BCUT2D eigenvalue weighted by atomic mass is 32.1. The summed E-state index contributed by atoms with van der Waals surface area (Å²) in [7, 11) is 5.60. The van der Waals surface area contributed by atoms with Crippen LogP contribution in [0, 0.1) is 0 Å². The normalized spacial score (nSPS) is 14.4. The number of ether oxygens (including phenoxy) is 1. The molecule has 144 valence electrons. The maximum absolute atomic E-state index is 12.9. The average Bonchev–Trinajstić information content (AvgIpc) is 3.19. The van der Waals surface area contributed by atoms with Gasteiger partial charge < -0.3 is 9.64 Å². The molecular formula is C18H23N4O4S+. The van der Waals surface area contributed by atoms with Gasteiger partial charge in [-0.15, -0.1) is 0 Å². The second-order valence-corrected chi connectivity index (χ2v) is 7.72. The number of imide groups is 1. The number of likely N-dealkylation sites (tertiary alicyclic amines) is 1. The number of methoxy groups -OCH3 is 1. The van der Waals surface area contributed by atoms with Crippen molar-refractivity contribution in [2.45, 2.75) is 12.8 Å². The van der Waals surface area contributed by atoms with E-state index in [-0.39, 0.29) is 37.1 Å². The molecule has 1 fully saturated rings. The molecule has 1 aliphatic rings. The number of likely N-dealkylation sites (N-methyl/N-ethyl adjacent to an activating group) is 1. The number of carbonyl (C=O) groups is 3. The molecular weight excluding hydrogens is 368 g/mol. The first-order chi connectivity index (χ1) is 12.9. The van der Waals surface area contributed by atoms with Gasteiger partial charge in [-0.1, -0.05) is 11.3 Å². The fourth-order valence-electron chi connectivity index (χ4n) is 2.82. The van der Waals surface area contributed by atoms with E-state index in [2.05, 4.69) is 4.98 Å². The van der Waals surface area contributed by atoms with Crippen LogP contribution in [-0.4, -0.2) is 68.4 Å². The molecule has 1 aromatic carbocycles. The largest absolute Gasteiger partial charge is 0.497 e. The predicted molar refractivity (Wildman–Crippen MR) is 102 cm³/mol. The summed E-state index contributed by atoms with van der Waals surface area (Å²) in [6.45, 7) is 0.931.